The standard InChI is InChI=1S/C13H10ClN.C10H17NO2.C2H6/c1-8-2-4-12-10(6-8)11-7-9(14)3-5-13(11)15-12;1-10(2,3)13-9(12)11-7-5-4-6-8-11;1-2/h2-7,15H,1H3;4-5H,6-8H2,1-3H3;1-2H3. The Balaban J connectivity index is 0.000000200. The van der Waals surface area contributed by atoms with Crippen LogP contribution >= 0.6 is 11.6 Å². The lowest BCUT2D eigenvalue weighted by Crippen LogP contribution is -2.38. The summed E-state index contributed by atoms with van der Waals surface area (Å²) >= 11 is 6.00. The van der Waals surface area contributed by atoms with Gasteiger partial charge in [0.15, 0.2) is 0 Å². The number of halogens is 1. The van der Waals surface area contributed by atoms with Gasteiger partial charge in [-0.15, -0.1) is 0 Å². The molecule has 0 bridgehead atoms. The van der Waals surface area contributed by atoms with Crippen molar-refractivity contribution in [3.8, 4) is 0 Å². The molecule has 2 aromatic carbocycles. The lowest BCUT2D eigenvalue weighted by atomic mass is 10.1. The van der Waals surface area contributed by atoms with Crippen molar-refractivity contribution in [3.63, 3.8) is 0 Å². The molecule has 1 N–H and O–H groups in total. The van der Waals surface area contributed by atoms with Crippen molar-refractivity contribution in [3.05, 3.63) is 59.1 Å². The number of hydrogen-bond acceptors (Lipinski definition) is 2. The van der Waals surface area contributed by atoms with Gasteiger partial charge >= 0.3 is 6.09 Å². The molecule has 1 amide bonds. The van der Waals surface area contributed by atoms with Crippen molar-refractivity contribution in [2.45, 2.75) is 53.6 Å². The van der Waals surface area contributed by atoms with E-state index in [2.05, 4.69) is 36.2 Å². The summed E-state index contributed by atoms with van der Waals surface area (Å²) in [5.74, 6) is 0. The predicted octanol–water partition coefficient (Wildman–Crippen LogP) is 7.49. The van der Waals surface area contributed by atoms with E-state index in [1.807, 2.05) is 58.9 Å². The van der Waals surface area contributed by atoms with Gasteiger partial charge in [0.25, 0.3) is 0 Å². The lowest BCUT2D eigenvalue weighted by molar-refractivity contribution is 0.0268. The van der Waals surface area contributed by atoms with Crippen molar-refractivity contribution in [1.82, 2.24) is 9.88 Å². The summed E-state index contributed by atoms with van der Waals surface area (Å²) in [6.07, 6.45) is 4.80. The SMILES string of the molecule is CC.CC(C)(C)OC(=O)N1CC=CCC1.Cc1ccc2[nH]c3ccc(Cl)cc3c2c1. The predicted molar refractivity (Wildman–Crippen MR) is 128 cm³/mol. The van der Waals surface area contributed by atoms with Crippen molar-refractivity contribution >= 4 is 39.5 Å². The van der Waals surface area contributed by atoms with Gasteiger partial charge in [0.05, 0.1) is 0 Å². The fourth-order valence-corrected chi connectivity index (χ4v) is 3.29. The van der Waals surface area contributed by atoms with Crippen LogP contribution in [-0.2, 0) is 4.74 Å². The highest BCUT2D eigenvalue weighted by molar-refractivity contribution is 6.31. The Morgan fingerprint density at radius 1 is 1.03 bits per heavy atom. The summed E-state index contributed by atoms with van der Waals surface area (Å²) in [4.78, 5) is 16.6. The van der Waals surface area contributed by atoms with E-state index < -0.39 is 5.60 Å². The van der Waals surface area contributed by atoms with E-state index >= 15 is 0 Å². The molecule has 0 radical (unpaired) electrons. The van der Waals surface area contributed by atoms with Gasteiger partial charge in [-0.05, 0) is 64.4 Å². The van der Waals surface area contributed by atoms with Crippen LogP contribution in [0.15, 0.2) is 48.6 Å². The summed E-state index contributed by atoms with van der Waals surface area (Å²) in [5, 5.41) is 3.22. The molecule has 5 heteroatoms. The van der Waals surface area contributed by atoms with Gasteiger partial charge in [-0.3, -0.25) is 0 Å². The van der Waals surface area contributed by atoms with Crippen molar-refractivity contribution in [1.29, 1.82) is 0 Å². The van der Waals surface area contributed by atoms with Crippen LogP contribution in [0.1, 0.15) is 46.6 Å². The maximum Gasteiger partial charge on any atom is 0.410 e. The highest BCUT2D eigenvalue weighted by atomic mass is 35.5. The highest BCUT2D eigenvalue weighted by Gasteiger charge is 2.21. The maximum atomic E-state index is 11.5. The minimum Gasteiger partial charge on any atom is -0.444 e. The molecule has 0 saturated heterocycles. The Bertz CT molecular complexity index is 959. The zero-order valence-electron chi connectivity index (χ0n) is 18.9. The molecule has 3 aromatic rings. The molecule has 0 unspecified atom stereocenters. The van der Waals surface area contributed by atoms with Crippen LogP contribution in [0.3, 0.4) is 0 Å². The van der Waals surface area contributed by atoms with E-state index in [1.54, 1.807) is 4.90 Å². The Morgan fingerprint density at radius 3 is 2.27 bits per heavy atom. The van der Waals surface area contributed by atoms with E-state index in [0.717, 1.165) is 29.0 Å². The first-order chi connectivity index (χ1) is 14.2. The number of rotatable bonds is 0. The number of nitrogens with zero attached hydrogens (tertiary/aromatic N) is 1. The molecule has 1 aliphatic rings. The van der Waals surface area contributed by atoms with Gasteiger partial charge in [-0.2, -0.15) is 0 Å². The second-order valence-electron chi connectivity index (χ2n) is 8.05. The number of aromatic nitrogens is 1. The van der Waals surface area contributed by atoms with Gasteiger partial charge < -0.3 is 14.6 Å². The molecule has 1 aromatic heterocycles. The monoisotopic (exact) mass is 428 g/mol. The third kappa shape index (κ3) is 6.53. The average Bonchev–Trinajstić information content (AvgIpc) is 3.06. The zero-order chi connectivity index (χ0) is 22.3. The number of aromatic amines is 1. The number of hydrogen-bond donors (Lipinski definition) is 1. The van der Waals surface area contributed by atoms with E-state index in [0.29, 0.717) is 6.54 Å². The molecule has 2 heterocycles. The van der Waals surface area contributed by atoms with Gasteiger partial charge in [0.1, 0.15) is 5.60 Å². The number of fused-ring (bicyclic) bond motifs is 3. The number of aryl methyl sites for hydroxylation is 1. The fraction of sp³-hybridized carbons (Fsp3) is 0.400. The smallest absolute Gasteiger partial charge is 0.410 e. The number of amides is 1. The van der Waals surface area contributed by atoms with Crippen LogP contribution in [0.5, 0.6) is 0 Å². The first-order valence-corrected chi connectivity index (χ1v) is 10.9. The molecule has 4 nitrogen and oxygen atoms in total. The highest BCUT2D eigenvalue weighted by Crippen LogP contribution is 2.28. The summed E-state index contributed by atoms with van der Waals surface area (Å²) in [7, 11) is 0. The number of carbonyl (C=O) groups is 1. The van der Waals surface area contributed by atoms with E-state index in [9.17, 15) is 4.79 Å². The van der Waals surface area contributed by atoms with E-state index in [-0.39, 0.29) is 6.09 Å². The second kappa shape index (κ2) is 10.5. The van der Waals surface area contributed by atoms with Crippen LogP contribution in [0, 0.1) is 6.92 Å². The second-order valence-corrected chi connectivity index (χ2v) is 8.49. The Kier molecular flexibility index (Phi) is 8.36. The van der Waals surface area contributed by atoms with E-state index in [1.165, 1.54) is 16.3 Å². The number of nitrogens with one attached hydrogen (secondary N) is 1. The summed E-state index contributed by atoms with van der Waals surface area (Å²) in [5.41, 5.74) is 3.18. The fourth-order valence-electron chi connectivity index (χ4n) is 3.12. The molecule has 4 rings (SSSR count). The van der Waals surface area contributed by atoms with Crippen molar-refractivity contribution in [2.75, 3.05) is 13.1 Å². The maximum absolute atomic E-state index is 11.5. The Hall–Kier alpha value is -2.46. The number of benzene rings is 2. The lowest BCUT2D eigenvalue weighted by Gasteiger charge is -2.27. The minimum absolute atomic E-state index is 0.211. The third-order valence-corrected chi connectivity index (χ3v) is 4.66. The molecule has 0 aliphatic carbocycles. The number of H-pyrrole nitrogens is 1. The Morgan fingerprint density at radius 2 is 1.67 bits per heavy atom. The summed E-state index contributed by atoms with van der Waals surface area (Å²) in [6, 6.07) is 12.3. The molecular formula is C25H33ClN2O2. The average molecular weight is 429 g/mol. The summed E-state index contributed by atoms with van der Waals surface area (Å²) in [6.45, 7) is 13.2. The molecule has 0 atom stereocenters. The zero-order valence-corrected chi connectivity index (χ0v) is 19.6. The molecule has 30 heavy (non-hydrogen) atoms. The molecule has 0 fully saturated rings. The Labute approximate surface area is 184 Å². The van der Waals surface area contributed by atoms with Crippen LogP contribution in [0.4, 0.5) is 4.79 Å². The van der Waals surface area contributed by atoms with Gasteiger partial charge in [-0.1, -0.05) is 49.2 Å². The molecule has 162 valence electrons. The van der Waals surface area contributed by atoms with Gasteiger partial charge in [0, 0.05) is 39.9 Å². The number of carbonyl (C=O) groups excluding carboxylic acids is 1. The molecule has 0 saturated carbocycles. The molecule has 0 spiro atoms. The normalized spacial score (nSPS) is 13.4. The quantitative estimate of drug-likeness (QED) is 0.377. The molecule has 1 aliphatic heterocycles. The minimum atomic E-state index is -0.391. The van der Waals surface area contributed by atoms with Gasteiger partial charge in [0.2, 0.25) is 0 Å². The van der Waals surface area contributed by atoms with Crippen LogP contribution < -0.4 is 0 Å². The summed E-state index contributed by atoms with van der Waals surface area (Å²) < 4.78 is 5.23. The van der Waals surface area contributed by atoms with Crippen molar-refractivity contribution in [2.24, 2.45) is 0 Å². The number of ether oxygens (including phenoxy) is 1. The topological polar surface area (TPSA) is 45.3 Å². The van der Waals surface area contributed by atoms with Crippen LogP contribution in [0.2, 0.25) is 5.02 Å². The first kappa shape index (κ1) is 23.8. The van der Waals surface area contributed by atoms with Crippen molar-refractivity contribution < 1.29 is 9.53 Å². The largest absolute Gasteiger partial charge is 0.444 e. The van der Waals surface area contributed by atoms with Gasteiger partial charge in [-0.25, -0.2) is 4.79 Å². The molecular weight excluding hydrogens is 396 g/mol. The van der Waals surface area contributed by atoms with E-state index in [4.69, 9.17) is 16.3 Å². The first-order valence-electron chi connectivity index (χ1n) is 10.5. The van der Waals surface area contributed by atoms with Crippen LogP contribution in [-0.4, -0.2) is 34.7 Å². The third-order valence-electron chi connectivity index (χ3n) is 4.43. The van der Waals surface area contributed by atoms with Crippen LogP contribution in [0.25, 0.3) is 21.8 Å².